The van der Waals surface area contributed by atoms with E-state index in [1.54, 1.807) is 0 Å². The molecule has 0 bridgehead atoms. The number of benzene rings is 1. The summed E-state index contributed by atoms with van der Waals surface area (Å²) in [6.45, 7) is 6.86. The molecule has 3 nitrogen and oxygen atoms in total. The number of amides is 1. The summed E-state index contributed by atoms with van der Waals surface area (Å²) in [5.74, 6) is 0.167. The van der Waals surface area contributed by atoms with Crippen LogP contribution in [0.5, 0.6) is 0 Å². The van der Waals surface area contributed by atoms with Crippen LogP contribution in [-0.2, 0) is 17.8 Å². The highest BCUT2D eigenvalue weighted by atomic mass is 16.2. The van der Waals surface area contributed by atoms with Gasteiger partial charge in [-0.2, -0.15) is 0 Å². The highest BCUT2D eigenvalue weighted by molar-refractivity contribution is 5.81. The summed E-state index contributed by atoms with van der Waals surface area (Å²) in [5.41, 5.74) is 2.80. The van der Waals surface area contributed by atoms with E-state index < -0.39 is 0 Å². The number of hydrogen-bond acceptors (Lipinski definition) is 2. The molecular formula is C17H26N2O. The van der Waals surface area contributed by atoms with Crippen molar-refractivity contribution >= 4 is 5.91 Å². The average Bonchev–Trinajstić information content (AvgIpc) is 2.50. The topological polar surface area (TPSA) is 32.3 Å². The zero-order valence-corrected chi connectivity index (χ0v) is 12.7. The van der Waals surface area contributed by atoms with Gasteiger partial charge in [-0.05, 0) is 30.9 Å². The number of carbonyl (C=O) groups is 1. The molecule has 110 valence electrons. The fourth-order valence-electron chi connectivity index (χ4n) is 2.75. The summed E-state index contributed by atoms with van der Waals surface area (Å²) in [6, 6.07) is 8.51. The Bertz CT molecular complexity index is 444. The number of hydrogen-bond donors (Lipinski definition) is 1. The first kappa shape index (κ1) is 15.0. The monoisotopic (exact) mass is 274 g/mol. The minimum atomic E-state index is -0.0371. The van der Waals surface area contributed by atoms with E-state index in [0.29, 0.717) is 0 Å². The zero-order chi connectivity index (χ0) is 14.4. The lowest BCUT2D eigenvalue weighted by Crippen LogP contribution is -2.47. The van der Waals surface area contributed by atoms with Crippen LogP contribution in [0.4, 0.5) is 0 Å². The van der Waals surface area contributed by atoms with Crippen LogP contribution in [0.2, 0.25) is 0 Å². The Kier molecular flexibility index (Phi) is 5.60. The van der Waals surface area contributed by atoms with E-state index in [-0.39, 0.29) is 11.9 Å². The third-order valence-electron chi connectivity index (χ3n) is 4.17. The maximum atomic E-state index is 12.2. The minimum Gasteiger partial charge on any atom is -0.355 e. The third-order valence-corrected chi connectivity index (χ3v) is 4.17. The second-order valence-electron chi connectivity index (χ2n) is 5.66. The van der Waals surface area contributed by atoms with Crippen LogP contribution >= 0.6 is 0 Å². The molecule has 1 aromatic rings. The number of nitrogens with zero attached hydrogens (tertiary/aromatic N) is 1. The van der Waals surface area contributed by atoms with E-state index in [1.807, 2.05) is 6.92 Å². The van der Waals surface area contributed by atoms with E-state index in [9.17, 15) is 4.79 Å². The lowest BCUT2D eigenvalue weighted by molar-refractivity contribution is -0.126. The smallest absolute Gasteiger partial charge is 0.237 e. The normalized spacial score (nSPS) is 16.5. The Morgan fingerprint density at radius 1 is 1.30 bits per heavy atom. The van der Waals surface area contributed by atoms with E-state index >= 15 is 0 Å². The number of rotatable bonds is 6. The second-order valence-corrected chi connectivity index (χ2v) is 5.66. The van der Waals surface area contributed by atoms with Gasteiger partial charge in [0.05, 0.1) is 6.04 Å². The van der Waals surface area contributed by atoms with E-state index in [4.69, 9.17) is 0 Å². The molecule has 20 heavy (non-hydrogen) atoms. The van der Waals surface area contributed by atoms with Gasteiger partial charge in [0, 0.05) is 19.6 Å². The van der Waals surface area contributed by atoms with Crippen molar-refractivity contribution in [3.05, 3.63) is 35.4 Å². The molecule has 0 aliphatic carbocycles. The quantitative estimate of drug-likeness (QED) is 0.809. The van der Waals surface area contributed by atoms with Crippen LogP contribution < -0.4 is 5.32 Å². The van der Waals surface area contributed by atoms with Gasteiger partial charge < -0.3 is 5.32 Å². The molecule has 1 amide bonds. The van der Waals surface area contributed by atoms with Gasteiger partial charge in [0.25, 0.3) is 0 Å². The van der Waals surface area contributed by atoms with E-state index in [0.717, 1.165) is 32.5 Å². The predicted molar refractivity (Wildman–Crippen MR) is 82.6 cm³/mol. The van der Waals surface area contributed by atoms with Crippen LogP contribution in [0.1, 0.15) is 44.2 Å². The molecule has 1 aliphatic rings. The Labute approximate surface area is 122 Å². The van der Waals surface area contributed by atoms with Gasteiger partial charge in [-0.15, -0.1) is 0 Å². The summed E-state index contributed by atoms with van der Waals surface area (Å²) in [6.07, 6.45) is 4.50. The van der Waals surface area contributed by atoms with Gasteiger partial charge in [-0.1, -0.05) is 44.0 Å². The first-order valence-electron chi connectivity index (χ1n) is 7.81. The van der Waals surface area contributed by atoms with Crippen LogP contribution in [0, 0.1) is 0 Å². The Morgan fingerprint density at radius 2 is 2.05 bits per heavy atom. The first-order valence-corrected chi connectivity index (χ1v) is 7.81. The fourth-order valence-corrected chi connectivity index (χ4v) is 2.75. The molecule has 0 spiro atoms. The van der Waals surface area contributed by atoms with Gasteiger partial charge in [0.1, 0.15) is 0 Å². The lowest BCUT2D eigenvalue weighted by atomic mass is 9.99. The second kappa shape index (κ2) is 7.44. The number of nitrogens with one attached hydrogen (secondary N) is 1. The summed E-state index contributed by atoms with van der Waals surface area (Å²) in [4.78, 5) is 14.4. The lowest BCUT2D eigenvalue weighted by Gasteiger charge is -2.32. The van der Waals surface area contributed by atoms with Gasteiger partial charge >= 0.3 is 0 Å². The molecule has 1 heterocycles. The SMILES string of the molecule is CCCCCNC(=O)C(C)N1CCc2ccccc2C1. The van der Waals surface area contributed by atoms with Crippen LogP contribution in [0.15, 0.2) is 24.3 Å². The Balaban J connectivity index is 1.84. The third kappa shape index (κ3) is 3.83. The molecule has 2 rings (SSSR count). The van der Waals surface area contributed by atoms with Crippen molar-refractivity contribution in [3.63, 3.8) is 0 Å². The molecule has 0 saturated heterocycles. The number of carbonyl (C=O) groups excluding carboxylic acids is 1. The van der Waals surface area contributed by atoms with Crippen molar-refractivity contribution < 1.29 is 4.79 Å². The summed E-state index contributed by atoms with van der Waals surface area (Å²) >= 11 is 0. The fraction of sp³-hybridized carbons (Fsp3) is 0.588. The molecule has 0 fully saturated rings. The minimum absolute atomic E-state index is 0.0371. The molecule has 0 radical (unpaired) electrons. The van der Waals surface area contributed by atoms with E-state index in [2.05, 4.69) is 41.4 Å². The summed E-state index contributed by atoms with van der Waals surface area (Å²) in [7, 11) is 0. The standard InChI is InChI=1S/C17H26N2O/c1-3-4-7-11-18-17(20)14(2)19-12-10-15-8-5-6-9-16(15)13-19/h5-6,8-9,14H,3-4,7,10-13H2,1-2H3,(H,18,20). The molecule has 1 aromatic carbocycles. The van der Waals surface area contributed by atoms with Crippen molar-refractivity contribution in [2.75, 3.05) is 13.1 Å². The maximum Gasteiger partial charge on any atom is 0.237 e. The van der Waals surface area contributed by atoms with E-state index in [1.165, 1.54) is 24.0 Å². The Morgan fingerprint density at radius 3 is 2.80 bits per heavy atom. The van der Waals surface area contributed by atoms with Gasteiger partial charge in [-0.25, -0.2) is 0 Å². The highest BCUT2D eigenvalue weighted by Gasteiger charge is 2.24. The van der Waals surface area contributed by atoms with Crippen molar-refractivity contribution in [2.45, 2.75) is 52.1 Å². The molecule has 0 aromatic heterocycles. The molecule has 1 aliphatic heterocycles. The van der Waals surface area contributed by atoms with Crippen molar-refractivity contribution in [2.24, 2.45) is 0 Å². The first-order chi connectivity index (χ1) is 9.72. The molecular weight excluding hydrogens is 248 g/mol. The average molecular weight is 274 g/mol. The van der Waals surface area contributed by atoms with Crippen LogP contribution in [0.3, 0.4) is 0 Å². The largest absolute Gasteiger partial charge is 0.355 e. The molecule has 0 saturated carbocycles. The molecule has 1 atom stereocenters. The van der Waals surface area contributed by atoms with Gasteiger partial charge in [0.2, 0.25) is 5.91 Å². The predicted octanol–water partition coefficient (Wildman–Crippen LogP) is 2.74. The zero-order valence-electron chi connectivity index (χ0n) is 12.7. The Hall–Kier alpha value is -1.35. The molecule has 1 unspecified atom stereocenters. The summed E-state index contributed by atoms with van der Waals surface area (Å²) in [5, 5.41) is 3.06. The summed E-state index contributed by atoms with van der Waals surface area (Å²) < 4.78 is 0. The molecule has 1 N–H and O–H groups in total. The van der Waals surface area contributed by atoms with Crippen LogP contribution in [0.25, 0.3) is 0 Å². The van der Waals surface area contributed by atoms with Crippen molar-refractivity contribution in [1.29, 1.82) is 0 Å². The van der Waals surface area contributed by atoms with Gasteiger partial charge in [-0.3, -0.25) is 9.69 Å². The maximum absolute atomic E-state index is 12.2. The number of unbranched alkanes of at least 4 members (excludes halogenated alkanes) is 2. The van der Waals surface area contributed by atoms with Crippen LogP contribution in [-0.4, -0.2) is 29.9 Å². The number of fused-ring (bicyclic) bond motifs is 1. The van der Waals surface area contributed by atoms with Crippen molar-refractivity contribution in [3.8, 4) is 0 Å². The highest BCUT2D eigenvalue weighted by Crippen LogP contribution is 2.20. The van der Waals surface area contributed by atoms with Crippen molar-refractivity contribution in [1.82, 2.24) is 10.2 Å². The van der Waals surface area contributed by atoms with Gasteiger partial charge in [0.15, 0.2) is 0 Å². The molecule has 3 heteroatoms.